The Balaban J connectivity index is 2.20. The van der Waals surface area contributed by atoms with Crippen molar-refractivity contribution in [3.8, 4) is 16.5 Å². The molecule has 2 rings (SSSR count). The van der Waals surface area contributed by atoms with Crippen LogP contribution in [0.5, 0.6) is 5.75 Å². The summed E-state index contributed by atoms with van der Waals surface area (Å²) in [6.07, 6.45) is 0.0987. The second-order valence-corrected chi connectivity index (χ2v) is 5.93. The van der Waals surface area contributed by atoms with E-state index in [4.69, 9.17) is 19.7 Å². The van der Waals surface area contributed by atoms with E-state index in [1.54, 1.807) is 7.11 Å². The van der Waals surface area contributed by atoms with E-state index in [-0.39, 0.29) is 6.10 Å². The fraction of sp³-hybridized carbons (Fsp3) is 0.538. The average Bonchev–Trinajstić information content (AvgIpc) is 3.04. The first-order valence-corrected chi connectivity index (χ1v) is 7.18. The molecule has 2 aromatic heterocycles. The minimum Gasteiger partial charge on any atom is -0.495 e. The van der Waals surface area contributed by atoms with E-state index in [1.807, 2.05) is 32.2 Å². The molecule has 2 aromatic rings. The molecule has 110 valence electrons. The van der Waals surface area contributed by atoms with Crippen LogP contribution >= 0.6 is 11.3 Å². The Morgan fingerprint density at radius 3 is 2.90 bits per heavy atom. The van der Waals surface area contributed by atoms with Gasteiger partial charge in [0.15, 0.2) is 5.82 Å². The monoisotopic (exact) mass is 297 g/mol. The van der Waals surface area contributed by atoms with Crippen molar-refractivity contribution in [2.75, 3.05) is 13.7 Å². The normalized spacial score (nSPS) is 14.5. The van der Waals surface area contributed by atoms with Crippen LogP contribution in [0, 0.1) is 0 Å². The highest BCUT2D eigenvalue weighted by molar-refractivity contribution is 7.13. The molecular formula is C13H19N3O3S. The Labute approximate surface area is 121 Å². The minimum atomic E-state index is -0.795. The number of methoxy groups -OCH3 is 1. The minimum absolute atomic E-state index is 0.0987. The Morgan fingerprint density at radius 2 is 2.25 bits per heavy atom. The van der Waals surface area contributed by atoms with Crippen LogP contribution in [-0.4, -0.2) is 30.0 Å². The standard InChI is InChI=1S/C13H19N3O3S/c1-8(2)18-7-13(3,14)12-15-11(19-16-12)10-9(17-4)5-6-20-10/h5-6,8H,7,14H2,1-4H3. The van der Waals surface area contributed by atoms with Crippen LogP contribution < -0.4 is 10.5 Å². The fourth-order valence-electron chi connectivity index (χ4n) is 1.57. The van der Waals surface area contributed by atoms with Crippen molar-refractivity contribution >= 4 is 11.3 Å². The van der Waals surface area contributed by atoms with Gasteiger partial charge in [-0.05, 0) is 32.2 Å². The molecule has 0 bridgehead atoms. The van der Waals surface area contributed by atoms with Crippen LogP contribution in [0.3, 0.4) is 0 Å². The quantitative estimate of drug-likeness (QED) is 0.881. The topological polar surface area (TPSA) is 83.4 Å². The zero-order valence-corrected chi connectivity index (χ0v) is 12.9. The maximum Gasteiger partial charge on any atom is 0.271 e. The first kappa shape index (κ1) is 15.0. The summed E-state index contributed by atoms with van der Waals surface area (Å²) in [5, 5.41) is 5.86. The van der Waals surface area contributed by atoms with E-state index < -0.39 is 5.54 Å². The summed E-state index contributed by atoms with van der Waals surface area (Å²) in [4.78, 5) is 5.16. The lowest BCUT2D eigenvalue weighted by Gasteiger charge is -2.21. The molecule has 0 saturated carbocycles. The number of rotatable bonds is 6. The van der Waals surface area contributed by atoms with Crippen LogP contribution in [0.1, 0.15) is 26.6 Å². The van der Waals surface area contributed by atoms with Crippen LogP contribution in [0.2, 0.25) is 0 Å². The van der Waals surface area contributed by atoms with Gasteiger partial charge in [0.1, 0.15) is 16.2 Å². The molecule has 6 nitrogen and oxygen atoms in total. The van der Waals surface area contributed by atoms with Crippen molar-refractivity contribution in [3.05, 3.63) is 17.3 Å². The highest BCUT2D eigenvalue weighted by Crippen LogP contribution is 2.34. The van der Waals surface area contributed by atoms with Crippen molar-refractivity contribution in [2.45, 2.75) is 32.4 Å². The van der Waals surface area contributed by atoms with Gasteiger partial charge >= 0.3 is 0 Å². The van der Waals surface area contributed by atoms with Crippen LogP contribution in [-0.2, 0) is 10.3 Å². The molecule has 0 amide bonds. The number of aromatic nitrogens is 2. The molecule has 0 aliphatic carbocycles. The SMILES string of the molecule is COc1ccsc1-c1nc(C(C)(N)COC(C)C)no1. The largest absolute Gasteiger partial charge is 0.495 e. The Morgan fingerprint density at radius 1 is 1.50 bits per heavy atom. The number of ether oxygens (including phenoxy) is 2. The summed E-state index contributed by atoms with van der Waals surface area (Å²) in [6.45, 7) is 6.05. The first-order valence-electron chi connectivity index (χ1n) is 6.30. The third kappa shape index (κ3) is 3.17. The molecule has 0 spiro atoms. The summed E-state index contributed by atoms with van der Waals surface area (Å²) >= 11 is 1.48. The predicted molar refractivity (Wildman–Crippen MR) is 76.8 cm³/mol. The summed E-state index contributed by atoms with van der Waals surface area (Å²) in [5.74, 6) is 1.54. The number of nitrogens with two attached hydrogens (primary N) is 1. The van der Waals surface area contributed by atoms with Gasteiger partial charge in [-0.15, -0.1) is 11.3 Å². The highest BCUT2D eigenvalue weighted by Gasteiger charge is 2.29. The molecule has 1 atom stereocenters. The van der Waals surface area contributed by atoms with Gasteiger partial charge in [-0.1, -0.05) is 5.16 Å². The van der Waals surface area contributed by atoms with Gasteiger partial charge in [-0.3, -0.25) is 0 Å². The maximum absolute atomic E-state index is 6.19. The van der Waals surface area contributed by atoms with E-state index >= 15 is 0 Å². The molecule has 0 saturated heterocycles. The molecule has 7 heteroatoms. The first-order chi connectivity index (χ1) is 9.44. The Hall–Kier alpha value is -1.44. The number of hydrogen-bond donors (Lipinski definition) is 1. The lowest BCUT2D eigenvalue weighted by atomic mass is 10.1. The van der Waals surface area contributed by atoms with Crippen molar-refractivity contribution in [2.24, 2.45) is 5.73 Å². The molecule has 1 unspecified atom stereocenters. The molecular weight excluding hydrogens is 278 g/mol. The van der Waals surface area contributed by atoms with Crippen LogP contribution in [0.4, 0.5) is 0 Å². The Kier molecular flexibility index (Phi) is 4.42. The second-order valence-electron chi connectivity index (χ2n) is 5.02. The van der Waals surface area contributed by atoms with Gasteiger partial charge in [-0.25, -0.2) is 0 Å². The van der Waals surface area contributed by atoms with Gasteiger partial charge in [0.05, 0.1) is 19.8 Å². The van der Waals surface area contributed by atoms with Crippen molar-refractivity contribution in [1.29, 1.82) is 0 Å². The molecule has 0 fully saturated rings. The molecule has 0 aliphatic rings. The number of hydrogen-bond acceptors (Lipinski definition) is 7. The highest BCUT2D eigenvalue weighted by atomic mass is 32.1. The second kappa shape index (κ2) is 5.90. The van der Waals surface area contributed by atoms with Gasteiger partial charge in [0.25, 0.3) is 5.89 Å². The van der Waals surface area contributed by atoms with E-state index in [9.17, 15) is 0 Å². The third-order valence-corrected chi connectivity index (χ3v) is 3.58. The predicted octanol–water partition coefficient (Wildman–Crippen LogP) is 2.41. The van der Waals surface area contributed by atoms with Crippen molar-refractivity contribution in [1.82, 2.24) is 10.1 Å². The summed E-state index contributed by atoms with van der Waals surface area (Å²) in [6, 6.07) is 1.85. The molecule has 0 aromatic carbocycles. The summed E-state index contributed by atoms with van der Waals surface area (Å²) in [5.41, 5.74) is 5.39. The van der Waals surface area contributed by atoms with E-state index in [1.165, 1.54) is 11.3 Å². The van der Waals surface area contributed by atoms with E-state index in [0.29, 0.717) is 24.1 Å². The fourth-order valence-corrected chi connectivity index (χ4v) is 2.35. The van der Waals surface area contributed by atoms with Crippen LogP contribution in [0.15, 0.2) is 16.0 Å². The number of nitrogens with zero attached hydrogens (tertiary/aromatic N) is 2. The molecule has 0 aliphatic heterocycles. The van der Waals surface area contributed by atoms with Crippen LogP contribution in [0.25, 0.3) is 10.8 Å². The third-order valence-electron chi connectivity index (χ3n) is 2.70. The van der Waals surface area contributed by atoms with E-state index in [2.05, 4.69) is 10.1 Å². The lowest BCUT2D eigenvalue weighted by molar-refractivity contribution is 0.0410. The van der Waals surface area contributed by atoms with Gasteiger partial charge < -0.3 is 19.7 Å². The molecule has 2 heterocycles. The lowest BCUT2D eigenvalue weighted by Crippen LogP contribution is -2.40. The zero-order valence-electron chi connectivity index (χ0n) is 12.0. The van der Waals surface area contributed by atoms with E-state index in [0.717, 1.165) is 4.88 Å². The zero-order chi connectivity index (χ0) is 14.8. The van der Waals surface area contributed by atoms with Crippen molar-refractivity contribution in [3.63, 3.8) is 0 Å². The molecule has 2 N–H and O–H groups in total. The maximum atomic E-state index is 6.19. The Bertz CT molecular complexity index is 563. The summed E-state index contributed by atoms with van der Waals surface area (Å²) < 4.78 is 16.1. The van der Waals surface area contributed by atoms with Gasteiger partial charge in [-0.2, -0.15) is 4.98 Å². The number of thiophene rings is 1. The average molecular weight is 297 g/mol. The van der Waals surface area contributed by atoms with Crippen molar-refractivity contribution < 1.29 is 14.0 Å². The smallest absolute Gasteiger partial charge is 0.271 e. The van der Waals surface area contributed by atoms with Gasteiger partial charge in [0, 0.05) is 0 Å². The van der Waals surface area contributed by atoms with Gasteiger partial charge in [0.2, 0.25) is 0 Å². The summed E-state index contributed by atoms with van der Waals surface area (Å²) in [7, 11) is 1.60. The molecule has 0 radical (unpaired) electrons. The molecule has 20 heavy (non-hydrogen) atoms.